The third kappa shape index (κ3) is 5.48. The SMILES string of the molecule is CC(C)COCCNC(=O)c1ccc(C(=O)O)nc1. The topological polar surface area (TPSA) is 88.5 Å². The van der Waals surface area contributed by atoms with Crippen LogP contribution < -0.4 is 5.32 Å². The van der Waals surface area contributed by atoms with Crippen molar-refractivity contribution in [2.24, 2.45) is 5.92 Å². The normalized spacial score (nSPS) is 10.5. The van der Waals surface area contributed by atoms with Crippen LogP contribution in [0.2, 0.25) is 0 Å². The molecule has 1 aromatic heterocycles. The number of amides is 1. The van der Waals surface area contributed by atoms with Crippen LogP contribution in [-0.2, 0) is 4.74 Å². The number of aromatic nitrogens is 1. The number of aromatic carboxylic acids is 1. The predicted molar refractivity (Wildman–Crippen MR) is 69.2 cm³/mol. The molecule has 0 saturated heterocycles. The third-order valence-corrected chi connectivity index (χ3v) is 2.23. The van der Waals surface area contributed by atoms with Crippen molar-refractivity contribution in [3.63, 3.8) is 0 Å². The van der Waals surface area contributed by atoms with Crippen LogP contribution in [0.4, 0.5) is 0 Å². The Balaban J connectivity index is 2.35. The number of carboxylic acids is 1. The molecular weight excluding hydrogens is 248 g/mol. The molecule has 19 heavy (non-hydrogen) atoms. The van der Waals surface area contributed by atoms with Crippen LogP contribution in [0, 0.1) is 5.92 Å². The van der Waals surface area contributed by atoms with Gasteiger partial charge in [-0.3, -0.25) is 4.79 Å². The Morgan fingerprint density at radius 3 is 2.68 bits per heavy atom. The summed E-state index contributed by atoms with van der Waals surface area (Å²) in [6, 6.07) is 2.73. The zero-order valence-corrected chi connectivity index (χ0v) is 11.0. The number of hydrogen-bond donors (Lipinski definition) is 2. The molecule has 0 saturated carbocycles. The highest BCUT2D eigenvalue weighted by Crippen LogP contribution is 2.00. The first-order valence-electron chi connectivity index (χ1n) is 6.06. The van der Waals surface area contributed by atoms with E-state index in [1.807, 2.05) is 13.8 Å². The lowest BCUT2D eigenvalue weighted by Gasteiger charge is -2.08. The van der Waals surface area contributed by atoms with E-state index in [0.717, 1.165) is 0 Å². The highest BCUT2D eigenvalue weighted by molar-refractivity contribution is 5.94. The monoisotopic (exact) mass is 266 g/mol. The van der Waals surface area contributed by atoms with Crippen LogP contribution in [0.5, 0.6) is 0 Å². The van der Waals surface area contributed by atoms with Crippen molar-refractivity contribution in [2.45, 2.75) is 13.8 Å². The average Bonchev–Trinajstić information content (AvgIpc) is 2.37. The Morgan fingerprint density at radius 1 is 1.42 bits per heavy atom. The lowest BCUT2D eigenvalue weighted by atomic mass is 10.2. The van der Waals surface area contributed by atoms with E-state index < -0.39 is 5.97 Å². The van der Waals surface area contributed by atoms with E-state index in [1.54, 1.807) is 0 Å². The predicted octanol–water partition coefficient (Wildman–Crippen LogP) is 1.18. The van der Waals surface area contributed by atoms with Crippen LogP contribution in [0.3, 0.4) is 0 Å². The highest BCUT2D eigenvalue weighted by Gasteiger charge is 2.08. The zero-order chi connectivity index (χ0) is 14.3. The Bertz CT molecular complexity index is 429. The number of nitrogens with zero attached hydrogens (tertiary/aromatic N) is 1. The molecule has 0 aliphatic carbocycles. The molecule has 0 aromatic carbocycles. The summed E-state index contributed by atoms with van der Waals surface area (Å²) in [4.78, 5) is 25.9. The zero-order valence-electron chi connectivity index (χ0n) is 11.0. The summed E-state index contributed by atoms with van der Waals surface area (Å²) in [5.41, 5.74) is 0.241. The van der Waals surface area contributed by atoms with E-state index in [4.69, 9.17) is 9.84 Å². The minimum Gasteiger partial charge on any atom is -0.477 e. The van der Waals surface area contributed by atoms with Crippen LogP contribution in [0.25, 0.3) is 0 Å². The molecule has 2 N–H and O–H groups in total. The van der Waals surface area contributed by atoms with Crippen LogP contribution >= 0.6 is 0 Å². The number of ether oxygens (including phenoxy) is 1. The van der Waals surface area contributed by atoms with Crippen LogP contribution in [-0.4, -0.2) is 41.7 Å². The van der Waals surface area contributed by atoms with Crippen molar-refractivity contribution in [1.29, 1.82) is 0 Å². The second-order valence-electron chi connectivity index (χ2n) is 4.46. The van der Waals surface area contributed by atoms with Gasteiger partial charge in [0, 0.05) is 19.3 Å². The largest absolute Gasteiger partial charge is 0.477 e. The summed E-state index contributed by atoms with van der Waals surface area (Å²) in [7, 11) is 0. The molecule has 6 nitrogen and oxygen atoms in total. The lowest BCUT2D eigenvalue weighted by Crippen LogP contribution is -2.27. The Kier molecular flexibility index (Phi) is 5.95. The summed E-state index contributed by atoms with van der Waals surface area (Å²) in [5, 5.41) is 11.3. The maximum absolute atomic E-state index is 11.7. The van der Waals surface area contributed by atoms with Crippen molar-refractivity contribution in [1.82, 2.24) is 10.3 Å². The van der Waals surface area contributed by atoms with Gasteiger partial charge in [-0.25, -0.2) is 9.78 Å². The van der Waals surface area contributed by atoms with Gasteiger partial charge in [0.2, 0.25) is 0 Å². The summed E-state index contributed by atoms with van der Waals surface area (Å²) < 4.78 is 5.32. The van der Waals surface area contributed by atoms with Gasteiger partial charge in [0.15, 0.2) is 0 Å². The van der Waals surface area contributed by atoms with E-state index in [-0.39, 0.29) is 11.6 Å². The fraction of sp³-hybridized carbons (Fsp3) is 0.462. The summed E-state index contributed by atoms with van der Waals surface area (Å²) in [6.45, 7) is 5.62. The van der Waals surface area contributed by atoms with E-state index in [0.29, 0.717) is 31.2 Å². The number of rotatable bonds is 7. The molecule has 0 spiro atoms. The quantitative estimate of drug-likeness (QED) is 0.723. The van der Waals surface area contributed by atoms with Gasteiger partial charge in [-0.05, 0) is 18.1 Å². The fourth-order valence-corrected chi connectivity index (χ4v) is 1.31. The molecule has 0 aliphatic heterocycles. The second kappa shape index (κ2) is 7.48. The van der Waals surface area contributed by atoms with Crippen LogP contribution in [0.1, 0.15) is 34.7 Å². The van der Waals surface area contributed by atoms with Crippen molar-refractivity contribution < 1.29 is 19.4 Å². The number of hydrogen-bond acceptors (Lipinski definition) is 4. The number of carboxylic acid groups (broad SMARTS) is 1. The van der Waals surface area contributed by atoms with Gasteiger partial charge in [-0.1, -0.05) is 13.8 Å². The first-order valence-corrected chi connectivity index (χ1v) is 6.06. The maximum atomic E-state index is 11.7. The smallest absolute Gasteiger partial charge is 0.354 e. The molecule has 6 heteroatoms. The average molecular weight is 266 g/mol. The lowest BCUT2D eigenvalue weighted by molar-refractivity contribution is 0.0689. The number of carbonyl (C=O) groups excluding carboxylic acids is 1. The molecule has 0 unspecified atom stereocenters. The minimum atomic E-state index is -1.12. The van der Waals surface area contributed by atoms with E-state index in [1.165, 1.54) is 18.3 Å². The summed E-state index contributed by atoms with van der Waals surface area (Å²) >= 11 is 0. The van der Waals surface area contributed by atoms with E-state index in [9.17, 15) is 9.59 Å². The molecule has 1 heterocycles. The number of nitrogens with one attached hydrogen (secondary N) is 1. The molecule has 1 amide bonds. The Morgan fingerprint density at radius 2 is 2.16 bits per heavy atom. The maximum Gasteiger partial charge on any atom is 0.354 e. The molecule has 0 fully saturated rings. The molecule has 1 rings (SSSR count). The molecule has 104 valence electrons. The van der Waals surface area contributed by atoms with Crippen molar-refractivity contribution in [3.8, 4) is 0 Å². The van der Waals surface area contributed by atoms with Gasteiger partial charge in [0.1, 0.15) is 5.69 Å². The molecule has 0 aliphatic rings. The first kappa shape index (κ1) is 15.1. The third-order valence-electron chi connectivity index (χ3n) is 2.23. The highest BCUT2D eigenvalue weighted by atomic mass is 16.5. The molecule has 0 atom stereocenters. The molecule has 1 aromatic rings. The van der Waals surface area contributed by atoms with Gasteiger partial charge in [-0.15, -0.1) is 0 Å². The molecule has 0 radical (unpaired) electrons. The van der Waals surface area contributed by atoms with Crippen molar-refractivity contribution >= 4 is 11.9 Å². The standard InChI is InChI=1S/C13H18N2O4/c1-9(2)8-19-6-5-14-12(16)10-3-4-11(13(17)18)15-7-10/h3-4,7,9H,5-6,8H2,1-2H3,(H,14,16)(H,17,18). The van der Waals surface area contributed by atoms with Gasteiger partial charge in [0.25, 0.3) is 5.91 Å². The van der Waals surface area contributed by atoms with Crippen LogP contribution in [0.15, 0.2) is 18.3 Å². The van der Waals surface area contributed by atoms with Crippen molar-refractivity contribution in [3.05, 3.63) is 29.6 Å². The number of pyridine rings is 1. The van der Waals surface area contributed by atoms with Gasteiger partial charge in [0.05, 0.1) is 12.2 Å². The number of carbonyl (C=O) groups is 2. The first-order chi connectivity index (χ1) is 9.00. The Hall–Kier alpha value is -1.95. The van der Waals surface area contributed by atoms with E-state index >= 15 is 0 Å². The van der Waals surface area contributed by atoms with Gasteiger partial charge >= 0.3 is 5.97 Å². The summed E-state index contributed by atoms with van der Waals surface area (Å²) in [5.74, 6) is -0.949. The summed E-state index contributed by atoms with van der Waals surface area (Å²) in [6.07, 6.45) is 1.24. The van der Waals surface area contributed by atoms with Crippen molar-refractivity contribution in [2.75, 3.05) is 19.8 Å². The fourth-order valence-electron chi connectivity index (χ4n) is 1.31. The molecular formula is C13H18N2O4. The molecule has 0 bridgehead atoms. The second-order valence-corrected chi connectivity index (χ2v) is 4.46. The minimum absolute atomic E-state index is 0.0863. The van der Waals surface area contributed by atoms with Gasteiger partial charge < -0.3 is 15.2 Å². The van der Waals surface area contributed by atoms with E-state index in [2.05, 4.69) is 10.3 Å². The van der Waals surface area contributed by atoms with Gasteiger partial charge in [-0.2, -0.15) is 0 Å². The Labute approximate surface area is 111 Å².